The zero-order valence-electron chi connectivity index (χ0n) is 12.2. The number of methoxy groups -OCH3 is 1. The third-order valence-electron chi connectivity index (χ3n) is 3.67. The average molecular weight is 372 g/mol. The van der Waals surface area contributed by atoms with Crippen LogP contribution in [-0.4, -0.2) is 42.8 Å². The standard InChI is InChI=1S/C15H18BrNO5/c1-21-12-4-2-10(8-11(12)16)3-5-13(18)17-15(14(19)20)6-7-22-9-15/h2,4,8H,3,5-7,9H2,1H3,(H,17,18)(H,19,20). The summed E-state index contributed by atoms with van der Waals surface area (Å²) in [6.45, 7) is 0.361. The highest BCUT2D eigenvalue weighted by molar-refractivity contribution is 9.10. The zero-order chi connectivity index (χ0) is 16.2. The van der Waals surface area contributed by atoms with Crippen LogP contribution < -0.4 is 10.1 Å². The molecule has 1 aromatic rings. The molecule has 2 N–H and O–H groups in total. The summed E-state index contributed by atoms with van der Waals surface area (Å²) >= 11 is 3.39. The van der Waals surface area contributed by atoms with E-state index in [1.165, 1.54) is 0 Å². The number of ether oxygens (including phenoxy) is 2. The second-order valence-corrected chi connectivity index (χ2v) is 6.06. The fourth-order valence-corrected chi connectivity index (χ4v) is 2.93. The monoisotopic (exact) mass is 371 g/mol. The SMILES string of the molecule is COc1ccc(CCC(=O)NC2(C(=O)O)CCOC2)cc1Br. The normalized spacial score (nSPS) is 20.6. The maximum Gasteiger partial charge on any atom is 0.331 e. The third kappa shape index (κ3) is 3.78. The molecule has 0 bridgehead atoms. The van der Waals surface area contributed by atoms with E-state index in [9.17, 15) is 14.7 Å². The number of aliphatic carboxylic acids is 1. The number of nitrogens with one attached hydrogen (secondary N) is 1. The summed E-state index contributed by atoms with van der Waals surface area (Å²) in [5.41, 5.74) is -0.313. The molecule has 0 saturated carbocycles. The van der Waals surface area contributed by atoms with Gasteiger partial charge in [-0.2, -0.15) is 0 Å². The van der Waals surface area contributed by atoms with Crippen LogP contribution in [0.3, 0.4) is 0 Å². The number of carboxylic acid groups (broad SMARTS) is 1. The zero-order valence-corrected chi connectivity index (χ0v) is 13.8. The van der Waals surface area contributed by atoms with Gasteiger partial charge in [0.2, 0.25) is 5.91 Å². The summed E-state index contributed by atoms with van der Waals surface area (Å²) in [6.07, 6.45) is 1.03. The van der Waals surface area contributed by atoms with Gasteiger partial charge in [0.05, 0.1) is 18.2 Å². The van der Waals surface area contributed by atoms with E-state index in [4.69, 9.17) is 9.47 Å². The number of benzene rings is 1. The van der Waals surface area contributed by atoms with Gasteiger partial charge in [0.15, 0.2) is 5.54 Å². The molecule has 1 aromatic carbocycles. The lowest BCUT2D eigenvalue weighted by Crippen LogP contribution is -2.55. The molecule has 0 radical (unpaired) electrons. The van der Waals surface area contributed by atoms with Crippen molar-refractivity contribution in [1.29, 1.82) is 0 Å². The molecule has 22 heavy (non-hydrogen) atoms. The first-order valence-electron chi connectivity index (χ1n) is 6.91. The number of halogens is 1. The Morgan fingerprint density at radius 3 is 2.82 bits per heavy atom. The van der Waals surface area contributed by atoms with E-state index in [1.807, 2.05) is 18.2 Å². The first-order chi connectivity index (χ1) is 10.5. The topological polar surface area (TPSA) is 84.9 Å². The summed E-state index contributed by atoms with van der Waals surface area (Å²) in [5.74, 6) is -0.619. The van der Waals surface area contributed by atoms with Gasteiger partial charge in [0.1, 0.15) is 5.75 Å². The van der Waals surface area contributed by atoms with Crippen LogP contribution in [0.4, 0.5) is 0 Å². The second kappa shape index (κ2) is 7.11. The minimum atomic E-state index is -1.28. The van der Waals surface area contributed by atoms with Crippen LogP contribution in [-0.2, 0) is 20.7 Å². The van der Waals surface area contributed by atoms with Gasteiger partial charge in [-0.1, -0.05) is 6.07 Å². The first-order valence-corrected chi connectivity index (χ1v) is 7.71. The van der Waals surface area contributed by atoms with E-state index in [1.54, 1.807) is 7.11 Å². The molecule has 0 aliphatic carbocycles. The molecule has 1 fully saturated rings. The van der Waals surface area contributed by atoms with Gasteiger partial charge < -0.3 is 19.9 Å². The maximum atomic E-state index is 12.0. The number of carbonyl (C=O) groups is 2. The van der Waals surface area contributed by atoms with E-state index in [-0.39, 0.29) is 18.9 Å². The number of aryl methyl sites for hydroxylation is 1. The minimum Gasteiger partial charge on any atom is -0.496 e. The predicted molar refractivity (Wildman–Crippen MR) is 83.0 cm³/mol. The van der Waals surface area contributed by atoms with Crippen LogP contribution in [0.1, 0.15) is 18.4 Å². The Morgan fingerprint density at radius 2 is 2.27 bits per heavy atom. The molecule has 7 heteroatoms. The number of carboxylic acids is 1. The lowest BCUT2D eigenvalue weighted by Gasteiger charge is -2.23. The Hall–Kier alpha value is -1.60. The molecule has 0 aromatic heterocycles. The smallest absolute Gasteiger partial charge is 0.331 e. The molecular formula is C15H18BrNO5. The van der Waals surface area contributed by atoms with Crippen molar-refractivity contribution in [3.05, 3.63) is 28.2 Å². The largest absolute Gasteiger partial charge is 0.496 e. The minimum absolute atomic E-state index is 0.0160. The fraction of sp³-hybridized carbons (Fsp3) is 0.467. The number of rotatable bonds is 6. The average Bonchev–Trinajstić information content (AvgIpc) is 2.95. The van der Waals surface area contributed by atoms with E-state index in [0.29, 0.717) is 19.4 Å². The summed E-state index contributed by atoms with van der Waals surface area (Å²) in [5, 5.41) is 11.9. The molecular weight excluding hydrogens is 354 g/mol. The summed E-state index contributed by atoms with van der Waals surface area (Å²) < 4.78 is 11.1. The predicted octanol–water partition coefficient (Wildman–Crippen LogP) is 1.75. The lowest BCUT2D eigenvalue weighted by molar-refractivity contribution is -0.147. The summed E-state index contributed by atoms with van der Waals surface area (Å²) in [4.78, 5) is 23.4. The Kier molecular flexibility index (Phi) is 5.42. The van der Waals surface area contributed by atoms with Crippen molar-refractivity contribution < 1.29 is 24.2 Å². The van der Waals surface area contributed by atoms with Crippen molar-refractivity contribution in [1.82, 2.24) is 5.32 Å². The summed E-state index contributed by atoms with van der Waals surface area (Å²) in [6, 6.07) is 5.58. The Bertz CT molecular complexity index is 569. The van der Waals surface area contributed by atoms with Crippen LogP contribution in [0, 0.1) is 0 Å². The van der Waals surface area contributed by atoms with Gasteiger partial charge >= 0.3 is 5.97 Å². The van der Waals surface area contributed by atoms with Crippen LogP contribution in [0.5, 0.6) is 5.75 Å². The highest BCUT2D eigenvalue weighted by atomic mass is 79.9. The van der Waals surface area contributed by atoms with E-state index in [2.05, 4.69) is 21.2 Å². The van der Waals surface area contributed by atoms with Gasteiger partial charge in [-0.15, -0.1) is 0 Å². The molecule has 0 spiro atoms. The van der Waals surface area contributed by atoms with Crippen LogP contribution >= 0.6 is 15.9 Å². The van der Waals surface area contributed by atoms with Crippen molar-refractivity contribution in [3.63, 3.8) is 0 Å². The quantitative estimate of drug-likeness (QED) is 0.795. The Morgan fingerprint density at radius 1 is 1.50 bits per heavy atom. The number of hydrogen-bond donors (Lipinski definition) is 2. The highest BCUT2D eigenvalue weighted by Crippen LogP contribution is 2.26. The molecule has 1 heterocycles. The van der Waals surface area contributed by atoms with Crippen LogP contribution in [0.15, 0.2) is 22.7 Å². The number of hydrogen-bond acceptors (Lipinski definition) is 4. The van der Waals surface area contributed by atoms with Crippen molar-refractivity contribution in [2.75, 3.05) is 20.3 Å². The van der Waals surface area contributed by atoms with Crippen molar-refractivity contribution in [2.45, 2.75) is 24.8 Å². The van der Waals surface area contributed by atoms with Crippen molar-refractivity contribution >= 4 is 27.8 Å². The molecule has 120 valence electrons. The highest BCUT2D eigenvalue weighted by Gasteiger charge is 2.43. The number of amides is 1. The molecule has 1 saturated heterocycles. The van der Waals surface area contributed by atoms with Crippen molar-refractivity contribution in [3.8, 4) is 5.75 Å². The van der Waals surface area contributed by atoms with Gasteiger partial charge in [-0.3, -0.25) is 4.79 Å². The van der Waals surface area contributed by atoms with Crippen molar-refractivity contribution in [2.24, 2.45) is 0 Å². The maximum absolute atomic E-state index is 12.0. The molecule has 1 aliphatic rings. The summed E-state index contributed by atoms with van der Waals surface area (Å²) in [7, 11) is 1.59. The molecule has 2 rings (SSSR count). The molecule has 1 aliphatic heterocycles. The van der Waals surface area contributed by atoms with Gasteiger partial charge in [0.25, 0.3) is 0 Å². The van der Waals surface area contributed by atoms with Crippen LogP contribution in [0.2, 0.25) is 0 Å². The first kappa shape index (κ1) is 16.8. The van der Waals surface area contributed by atoms with Gasteiger partial charge in [0, 0.05) is 19.4 Å². The Labute approximate surface area is 136 Å². The fourth-order valence-electron chi connectivity index (χ4n) is 2.34. The molecule has 1 atom stereocenters. The third-order valence-corrected chi connectivity index (χ3v) is 4.29. The molecule has 1 unspecified atom stereocenters. The lowest BCUT2D eigenvalue weighted by atomic mass is 9.98. The second-order valence-electron chi connectivity index (χ2n) is 5.21. The number of carbonyl (C=O) groups excluding carboxylic acids is 1. The van der Waals surface area contributed by atoms with Gasteiger partial charge in [-0.25, -0.2) is 4.79 Å². The van der Waals surface area contributed by atoms with Gasteiger partial charge in [-0.05, 0) is 40.0 Å². The van der Waals surface area contributed by atoms with E-state index in [0.717, 1.165) is 15.8 Å². The Balaban J connectivity index is 1.92. The van der Waals surface area contributed by atoms with Crippen LogP contribution in [0.25, 0.3) is 0 Å². The molecule has 1 amide bonds. The molecule has 6 nitrogen and oxygen atoms in total. The van der Waals surface area contributed by atoms with E-state index < -0.39 is 11.5 Å². The van der Waals surface area contributed by atoms with E-state index >= 15 is 0 Å².